The first-order valence-corrected chi connectivity index (χ1v) is 4.34. The van der Waals surface area contributed by atoms with Crippen LogP contribution in [0.15, 0.2) is 29.2 Å². The van der Waals surface area contributed by atoms with Crippen molar-refractivity contribution in [3.05, 3.63) is 36.3 Å². The highest BCUT2D eigenvalue weighted by Crippen LogP contribution is 2.09. The zero-order valence-corrected chi connectivity index (χ0v) is 8.19. The van der Waals surface area contributed by atoms with E-state index in [4.69, 9.17) is 10.2 Å². The molecule has 14 heavy (non-hydrogen) atoms. The highest BCUT2D eigenvalue weighted by atomic mass is 16.4. The molecule has 0 fully saturated rings. The van der Waals surface area contributed by atoms with Gasteiger partial charge in [0.1, 0.15) is 5.76 Å². The van der Waals surface area contributed by atoms with E-state index in [1.165, 1.54) is 4.90 Å². The summed E-state index contributed by atoms with van der Waals surface area (Å²) >= 11 is 0. The molecule has 0 atom stereocenters. The number of carbonyl (C=O) groups is 1. The van der Waals surface area contributed by atoms with Crippen LogP contribution in [0.1, 0.15) is 16.3 Å². The van der Waals surface area contributed by atoms with Crippen LogP contribution in [0.25, 0.3) is 0 Å². The summed E-state index contributed by atoms with van der Waals surface area (Å²) in [6.45, 7) is 4.36. The van der Waals surface area contributed by atoms with Gasteiger partial charge in [0.25, 0.3) is 5.91 Å². The molecule has 4 heteroatoms. The van der Waals surface area contributed by atoms with Crippen LogP contribution >= 0.6 is 0 Å². The molecule has 0 aliphatic rings. The number of likely N-dealkylation sites (N-methyl/N-ethyl adjacent to an activating group) is 1. The fourth-order valence-corrected chi connectivity index (χ4v) is 1.07. The molecule has 2 N–H and O–H groups in total. The number of hydrogen-bond donors (Lipinski definition) is 1. The Bertz CT molecular complexity index is 331. The molecular formula is C10H14N2O2. The van der Waals surface area contributed by atoms with Crippen molar-refractivity contribution in [3.63, 3.8) is 0 Å². The van der Waals surface area contributed by atoms with Gasteiger partial charge in [-0.3, -0.25) is 4.79 Å². The molecule has 1 amide bonds. The van der Waals surface area contributed by atoms with E-state index in [1.807, 2.05) is 0 Å². The number of nitrogens with two attached hydrogens (primary N) is 1. The number of rotatable bonds is 4. The van der Waals surface area contributed by atoms with Crippen molar-refractivity contribution in [1.82, 2.24) is 4.90 Å². The summed E-state index contributed by atoms with van der Waals surface area (Å²) < 4.78 is 5.21. The van der Waals surface area contributed by atoms with Crippen LogP contribution in [0.4, 0.5) is 0 Å². The molecule has 1 rings (SSSR count). The molecule has 4 nitrogen and oxygen atoms in total. The van der Waals surface area contributed by atoms with Crippen LogP contribution in [0.5, 0.6) is 0 Å². The molecule has 1 aromatic rings. The Hall–Kier alpha value is -1.55. The number of hydrogen-bond acceptors (Lipinski definition) is 3. The first-order chi connectivity index (χ1) is 6.69. The summed E-state index contributed by atoms with van der Waals surface area (Å²) in [5.41, 5.74) is 5.36. The summed E-state index contributed by atoms with van der Waals surface area (Å²) in [5, 5.41) is 0. The van der Waals surface area contributed by atoms with Crippen LogP contribution in [0, 0.1) is 0 Å². The predicted octanol–water partition coefficient (Wildman–Crippen LogP) is 0.996. The monoisotopic (exact) mass is 194 g/mol. The second-order valence-electron chi connectivity index (χ2n) is 2.94. The van der Waals surface area contributed by atoms with Gasteiger partial charge in [0.05, 0.1) is 6.54 Å². The second kappa shape index (κ2) is 4.62. The van der Waals surface area contributed by atoms with Crippen molar-refractivity contribution in [1.29, 1.82) is 0 Å². The molecule has 0 unspecified atom stereocenters. The maximum Gasteiger partial charge on any atom is 0.289 e. The van der Waals surface area contributed by atoms with E-state index in [1.54, 1.807) is 25.3 Å². The zero-order valence-electron chi connectivity index (χ0n) is 8.19. The SMILES string of the molecule is C=CCN(C)C(=O)c1ccc(CN)o1. The van der Waals surface area contributed by atoms with Gasteiger partial charge < -0.3 is 15.1 Å². The Balaban J connectivity index is 2.73. The average Bonchev–Trinajstić information content (AvgIpc) is 2.65. The van der Waals surface area contributed by atoms with Crippen molar-refractivity contribution in [2.75, 3.05) is 13.6 Å². The lowest BCUT2D eigenvalue weighted by molar-refractivity contribution is 0.0777. The lowest BCUT2D eigenvalue weighted by atomic mass is 10.4. The second-order valence-corrected chi connectivity index (χ2v) is 2.94. The maximum absolute atomic E-state index is 11.6. The van der Waals surface area contributed by atoms with E-state index in [2.05, 4.69) is 6.58 Å². The standard InChI is InChI=1S/C10H14N2O2/c1-3-6-12(2)10(13)9-5-4-8(7-11)14-9/h3-5H,1,6-7,11H2,2H3. The Kier molecular flexibility index (Phi) is 3.48. The molecule has 0 aliphatic heterocycles. The molecule has 0 spiro atoms. The van der Waals surface area contributed by atoms with E-state index >= 15 is 0 Å². The zero-order chi connectivity index (χ0) is 10.6. The fourth-order valence-electron chi connectivity index (χ4n) is 1.07. The van der Waals surface area contributed by atoms with Gasteiger partial charge in [-0.1, -0.05) is 6.08 Å². The quantitative estimate of drug-likeness (QED) is 0.727. The van der Waals surface area contributed by atoms with E-state index in [0.29, 0.717) is 24.6 Å². The number of nitrogens with zero attached hydrogens (tertiary/aromatic N) is 1. The Labute approximate surface area is 83.0 Å². The molecule has 1 heterocycles. The minimum Gasteiger partial charge on any atom is -0.455 e. The lowest BCUT2D eigenvalue weighted by Crippen LogP contribution is -2.26. The molecule has 0 aliphatic carbocycles. The summed E-state index contributed by atoms with van der Waals surface area (Å²) in [7, 11) is 1.69. The Morgan fingerprint density at radius 1 is 1.71 bits per heavy atom. The van der Waals surface area contributed by atoms with Crippen molar-refractivity contribution in [3.8, 4) is 0 Å². The van der Waals surface area contributed by atoms with Crippen molar-refractivity contribution in [2.24, 2.45) is 5.73 Å². The highest BCUT2D eigenvalue weighted by molar-refractivity contribution is 5.91. The number of amides is 1. The number of carbonyl (C=O) groups excluding carboxylic acids is 1. The maximum atomic E-state index is 11.6. The molecule has 76 valence electrons. The van der Waals surface area contributed by atoms with Crippen LogP contribution in [-0.2, 0) is 6.54 Å². The minimum atomic E-state index is -0.162. The Morgan fingerprint density at radius 2 is 2.43 bits per heavy atom. The fraction of sp³-hybridized carbons (Fsp3) is 0.300. The van der Waals surface area contributed by atoms with Crippen LogP contribution in [-0.4, -0.2) is 24.4 Å². The summed E-state index contributed by atoms with van der Waals surface area (Å²) in [6, 6.07) is 3.33. The average molecular weight is 194 g/mol. The van der Waals surface area contributed by atoms with Crippen LogP contribution < -0.4 is 5.73 Å². The van der Waals surface area contributed by atoms with Gasteiger partial charge in [-0.05, 0) is 12.1 Å². The van der Waals surface area contributed by atoms with E-state index in [9.17, 15) is 4.79 Å². The molecule has 1 aromatic heterocycles. The first-order valence-electron chi connectivity index (χ1n) is 4.34. The normalized spacial score (nSPS) is 9.86. The molecule has 0 radical (unpaired) electrons. The molecule has 0 saturated carbocycles. The van der Waals surface area contributed by atoms with Crippen molar-refractivity contribution >= 4 is 5.91 Å². The summed E-state index contributed by atoms with van der Waals surface area (Å²) in [5.74, 6) is 0.764. The summed E-state index contributed by atoms with van der Waals surface area (Å²) in [6.07, 6.45) is 1.66. The predicted molar refractivity (Wildman–Crippen MR) is 53.8 cm³/mol. The smallest absolute Gasteiger partial charge is 0.289 e. The molecule has 0 bridgehead atoms. The third-order valence-electron chi connectivity index (χ3n) is 1.82. The lowest BCUT2D eigenvalue weighted by Gasteiger charge is -2.12. The van der Waals surface area contributed by atoms with Crippen molar-refractivity contribution < 1.29 is 9.21 Å². The van der Waals surface area contributed by atoms with Gasteiger partial charge in [-0.25, -0.2) is 0 Å². The highest BCUT2D eigenvalue weighted by Gasteiger charge is 2.14. The topological polar surface area (TPSA) is 59.5 Å². The minimum absolute atomic E-state index is 0.162. The van der Waals surface area contributed by atoms with E-state index < -0.39 is 0 Å². The largest absolute Gasteiger partial charge is 0.455 e. The first kappa shape index (κ1) is 10.5. The summed E-state index contributed by atoms with van der Waals surface area (Å²) in [4.78, 5) is 13.1. The van der Waals surface area contributed by atoms with Gasteiger partial charge in [0.15, 0.2) is 5.76 Å². The van der Waals surface area contributed by atoms with E-state index in [0.717, 1.165) is 0 Å². The molecule has 0 saturated heterocycles. The molecule has 0 aromatic carbocycles. The third-order valence-corrected chi connectivity index (χ3v) is 1.82. The van der Waals surface area contributed by atoms with Gasteiger partial charge in [-0.15, -0.1) is 6.58 Å². The van der Waals surface area contributed by atoms with Gasteiger partial charge in [-0.2, -0.15) is 0 Å². The third kappa shape index (κ3) is 2.23. The van der Waals surface area contributed by atoms with Crippen molar-refractivity contribution in [2.45, 2.75) is 6.54 Å². The Morgan fingerprint density at radius 3 is 2.93 bits per heavy atom. The van der Waals surface area contributed by atoms with Gasteiger partial charge in [0.2, 0.25) is 0 Å². The van der Waals surface area contributed by atoms with Crippen LogP contribution in [0.3, 0.4) is 0 Å². The van der Waals surface area contributed by atoms with E-state index in [-0.39, 0.29) is 5.91 Å². The van der Waals surface area contributed by atoms with Crippen LogP contribution in [0.2, 0.25) is 0 Å². The number of furan rings is 1. The van der Waals surface area contributed by atoms with Gasteiger partial charge >= 0.3 is 0 Å². The van der Waals surface area contributed by atoms with Gasteiger partial charge in [0, 0.05) is 13.6 Å². The molecular weight excluding hydrogens is 180 g/mol.